The van der Waals surface area contributed by atoms with Crippen molar-refractivity contribution in [1.82, 2.24) is 19.9 Å². The number of benzene rings is 1. The van der Waals surface area contributed by atoms with E-state index in [0.29, 0.717) is 22.2 Å². The first-order valence-corrected chi connectivity index (χ1v) is 7.92. The second kappa shape index (κ2) is 5.99. The Bertz CT molecular complexity index is 721. The quantitative estimate of drug-likeness (QED) is 0.914. The summed E-state index contributed by atoms with van der Waals surface area (Å²) in [4.78, 5) is 2.35. The molecule has 23 heavy (non-hydrogen) atoms. The molecule has 1 aromatic carbocycles. The molecule has 1 unspecified atom stereocenters. The SMILES string of the molecule is OCc1cn(C2CCN(Cc3cc(Cl)c4c(c3)OCO4)C2)nn1. The maximum Gasteiger partial charge on any atom is 0.231 e. The van der Waals surface area contributed by atoms with Crippen LogP contribution in [-0.2, 0) is 13.2 Å². The predicted octanol–water partition coefficient (Wildman–Crippen LogP) is 1.60. The average Bonchev–Trinajstić information content (AvgIpc) is 3.26. The summed E-state index contributed by atoms with van der Waals surface area (Å²) >= 11 is 6.23. The molecule has 2 aliphatic heterocycles. The summed E-state index contributed by atoms with van der Waals surface area (Å²) < 4.78 is 12.6. The van der Waals surface area contributed by atoms with Crippen LogP contribution in [0.25, 0.3) is 0 Å². The second-order valence-corrected chi connectivity index (χ2v) is 6.24. The van der Waals surface area contributed by atoms with Crippen LogP contribution in [0.4, 0.5) is 0 Å². The molecule has 2 aromatic rings. The van der Waals surface area contributed by atoms with Crippen LogP contribution >= 0.6 is 11.6 Å². The van der Waals surface area contributed by atoms with Crippen LogP contribution < -0.4 is 9.47 Å². The van der Waals surface area contributed by atoms with Crippen LogP contribution in [0, 0.1) is 0 Å². The van der Waals surface area contributed by atoms with E-state index in [2.05, 4.69) is 15.2 Å². The normalized spacial score (nSPS) is 20.3. The Kier molecular flexibility index (Phi) is 3.84. The Hall–Kier alpha value is -1.83. The molecule has 1 N–H and O–H groups in total. The molecular weight excluding hydrogens is 320 g/mol. The monoisotopic (exact) mass is 336 g/mol. The molecule has 0 saturated carbocycles. The summed E-state index contributed by atoms with van der Waals surface area (Å²) in [6.07, 6.45) is 2.82. The molecule has 0 radical (unpaired) electrons. The lowest BCUT2D eigenvalue weighted by Gasteiger charge is -2.16. The Morgan fingerprint density at radius 1 is 1.35 bits per heavy atom. The maximum atomic E-state index is 9.08. The smallest absolute Gasteiger partial charge is 0.231 e. The fourth-order valence-electron chi connectivity index (χ4n) is 3.11. The van der Waals surface area contributed by atoms with Crippen molar-refractivity contribution in [2.24, 2.45) is 0 Å². The van der Waals surface area contributed by atoms with E-state index in [0.717, 1.165) is 31.6 Å². The van der Waals surface area contributed by atoms with Crippen LogP contribution in [-0.4, -0.2) is 44.9 Å². The number of hydrogen-bond acceptors (Lipinski definition) is 6. The van der Waals surface area contributed by atoms with Gasteiger partial charge in [0.25, 0.3) is 0 Å². The van der Waals surface area contributed by atoms with Crippen molar-refractivity contribution < 1.29 is 14.6 Å². The number of likely N-dealkylation sites (tertiary alicyclic amines) is 1. The van der Waals surface area contributed by atoms with Crippen molar-refractivity contribution >= 4 is 11.6 Å². The first-order chi connectivity index (χ1) is 11.2. The van der Waals surface area contributed by atoms with Gasteiger partial charge in [0.05, 0.1) is 23.9 Å². The van der Waals surface area contributed by atoms with Crippen molar-refractivity contribution in [3.63, 3.8) is 0 Å². The third-order valence-electron chi connectivity index (χ3n) is 4.23. The Morgan fingerprint density at radius 3 is 3.09 bits per heavy atom. The fraction of sp³-hybridized carbons (Fsp3) is 0.467. The number of halogens is 1. The van der Waals surface area contributed by atoms with E-state index in [1.807, 2.05) is 23.0 Å². The van der Waals surface area contributed by atoms with E-state index in [4.69, 9.17) is 26.2 Å². The van der Waals surface area contributed by atoms with Gasteiger partial charge < -0.3 is 14.6 Å². The largest absolute Gasteiger partial charge is 0.454 e. The average molecular weight is 337 g/mol. The van der Waals surface area contributed by atoms with E-state index >= 15 is 0 Å². The lowest BCUT2D eigenvalue weighted by atomic mass is 10.2. The summed E-state index contributed by atoms with van der Waals surface area (Å²) in [5.41, 5.74) is 1.71. The molecule has 2 aliphatic rings. The number of ether oxygens (including phenoxy) is 2. The molecule has 1 saturated heterocycles. The van der Waals surface area contributed by atoms with Crippen molar-refractivity contribution in [1.29, 1.82) is 0 Å². The fourth-order valence-corrected chi connectivity index (χ4v) is 3.39. The van der Waals surface area contributed by atoms with Gasteiger partial charge in [-0.25, -0.2) is 4.68 Å². The van der Waals surface area contributed by atoms with Gasteiger partial charge in [0, 0.05) is 19.6 Å². The number of fused-ring (bicyclic) bond motifs is 1. The van der Waals surface area contributed by atoms with Gasteiger partial charge in [-0.1, -0.05) is 16.8 Å². The van der Waals surface area contributed by atoms with Crippen LogP contribution in [0.2, 0.25) is 5.02 Å². The zero-order chi connectivity index (χ0) is 15.8. The molecule has 8 heteroatoms. The molecule has 0 bridgehead atoms. The number of aliphatic hydroxyl groups excluding tert-OH is 1. The van der Waals surface area contributed by atoms with Gasteiger partial charge in [-0.05, 0) is 24.1 Å². The maximum absolute atomic E-state index is 9.08. The zero-order valence-corrected chi connectivity index (χ0v) is 13.2. The standard InChI is InChI=1S/C15H17ClN4O3/c16-13-3-10(4-14-15(13)23-9-22-14)5-19-2-1-12(7-19)20-6-11(8-21)17-18-20/h3-4,6,12,21H,1-2,5,7-9H2. The Balaban J connectivity index is 1.43. The molecule has 3 heterocycles. The molecule has 0 amide bonds. The van der Waals surface area contributed by atoms with Gasteiger partial charge in [0.2, 0.25) is 6.79 Å². The van der Waals surface area contributed by atoms with Crippen molar-refractivity contribution in [3.05, 3.63) is 34.6 Å². The topological polar surface area (TPSA) is 72.6 Å². The molecule has 1 aromatic heterocycles. The van der Waals surface area contributed by atoms with E-state index in [1.165, 1.54) is 0 Å². The number of aromatic nitrogens is 3. The van der Waals surface area contributed by atoms with E-state index < -0.39 is 0 Å². The minimum absolute atomic E-state index is 0.0773. The van der Waals surface area contributed by atoms with Crippen molar-refractivity contribution in [2.45, 2.75) is 25.6 Å². The predicted molar refractivity (Wildman–Crippen MR) is 82.5 cm³/mol. The summed E-state index contributed by atoms with van der Waals surface area (Å²) in [7, 11) is 0. The van der Waals surface area contributed by atoms with Crippen LogP contribution in [0.1, 0.15) is 23.7 Å². The Morgan fingerprint density at radius 2 is 2.26 bits per heavy atom. The molecular formula is C15H17ClN4O3. The van der Waals surface area contributed by atoms with Gasteiger partial charge in [-0.15, -0.1) is 5.10 Å². The van der Waals surface area contributed by atoms with Crippen LogP contribution in [0.15, 0.2) is 18.3 Å². The van der Waals surface area contributed by atoms with Crippen molar-refractivity contribution in [3.8, 4) is 11.5 Å². The van der Waals surface area contributed by atoms with Gasteiger partial charge >= 0.3 is 0 Å². The van der Waals surface area contributed by atoms with Gasteiger partial charge in [-0.3, -0.25) is 4.90 Å². The molecule has 0 aliphatic carbocycles. The van der Waals surface area contributed by atoms with Gasteiger partial charge in [0.15, 0.2) is 11.5 Å². The van der Waals surface area contributed by atoms with Crippen LogP contribution in [0.3, 0.4) is 0 Å². The second-order valence-electron chi connectivity index (χ2n) is 5.84. The summed E-state index contributed by atoms with van der Waals surface area (Å²) in [6, 6.07) is 4.20. The highest BCUT2D eigenvalue weighted by Gasteiger charge is 2.26. The molecule has 0 spiro atoms. The molecule has 4 rings (SSSR count). The molecule has 1 fully saturated rings. The first kappa shape index (κ1) is 14.7. The molecule has 122 valence electrons. The summed E-state index contributed by atoms with van der Waals surface area (Å²) in [6.45, 7) is 2.82. The zero-order valence-electron chi connectivity index (χ0n) is 12.5. The summed E-state index contributed by atoms with van der Waals surface area (Å²) in [5, 5.41) is 17.7. The minimum Gasteiger partial charge on any atom is -0.454 e. The number of aliphatic hydroxyl groups is 1. The third kappa shape index (κ3) is 2.87. The highest BCUT2D eigenvalue weighted by molar-refractivity contribution is 6.32. The summed E-state index contributed by atoms with van der Waals surface area (Å²) in [5.74, 6) is 1.35. The third-order valence-corrected chi connectivity index (χ3v) is 4.52. The molecule has 7 nitrogen and oxygen atoms in total. The Labute approximate surface area is 138 Å². The minimum atomic E-state index is -0.0773. The van der Waals surface area contributed by atoms with E-state index in [1.54, 1.807) is 0 Å². The van der Waals surface area contributed by atoms with Crippen LogP contribution in [0.5, 0.6) is 11.5 Å². The van der Waals surface area contributed by atoms with Gasteiger partial charge in [0.1, 0.15) is 5.69 Å². The number of rotatable bonds is 4. The number of hydrogen-bond donors (Lipinski definition) is 1. The van der Waals surface area contributed by atoms with Gasteiger partial charge in [-0.2, -0.15) is 0 Å². The molecule has 1 atom stereocenters. The van der Waals surface area contributed by atoms with E-state index in [-0.39, 0.29) is 19.4 Å². The highest BCUT2D eigenvalue weighted by atomic mass is 35.5. The lowest BCUT2D eigenvalue weighted by molar-refractivity contribution is 0.174. The van der Waals surface area contributed by atoms with Crippen molar-refractivity contribution in [2.75, 3.05) is 19.9 Å². The first-order valence-electron chi connectivity index (χ1n) is 7.55. The van der Waals surface area contributed by atoms with E-state index in [9.17, 15) is 0 Å². The highest BCUT2D eigenvalue weighted by Crippen LogP contribution is 2.40. The number of nitrogens with zero attached hydrogens (tertiary/aromatic N) is 4. The lowest BCUT2D eigenvalue weighted by Crippen LogP contribution is -2.21.